The molecular formula is C26H22FN3O4S. The van der Waals surface area contributed by atoms with E-state index in [4.69, 9.17) is 4.74 Å². The number of esters is 1. The summed E-state index contributed by atoms with van der Waals surface area (Å²) in [5.41, 5.74) is 2.45. The third-order valence-corrected chi connectivity index (χ3v) is 6.36. The van der Waals surface area contributed by atoms with Gasteiger partial charge in [0.05, 0.1) is 35.0 Å². The number of benzene rings is 3. The summed E-state index contributed by atoms with van der Waals surface area (Å²) < 4.78 is 20.4. The number of carbonyl (C=O) groups is 2. The number of anilines is 1. The average molecular weight is 492 g/mol. The molecule has 35 heavy (non-hydrogen) atoms. The van der Waals surface area contributed by atoms with Crippen LogP contribution < -0.4 is 10.9 Å². The summed E-state index contributed by atoms with van der Waals surface area (Å²) in [6.07, 6.45) is 0. The Hall–Kier alpha value is -3.98. The molecule has 4 aromatic rings. The largest absolute Gasteiger partial charge is 0.465 e. The Balaban J connectivity index is 1.65. The van der Waals surface area contributed by atoms with Gasteiger partial charge in [-0.05, 0) is 61.4 Å². The SMILES string of the molecule is COC(=O)c1ccc(C)c(NC(=O)CSc2nc3ccccc3c(=O)n2-c2ccc(C)c(F)c2)c1. The van der Waals surface area contributed by atoms with Crippen molar-refractivity contribution in [3.63, 3.8) is 0 Å². The molecule has 0 atom stereocenters. The molecule has 0 saturated heterocycles. The Morgan fingerprint density at radius 1 is 1.06 bits per heavy atom. The van der Waals surface area contributed by atoms with Crippen molar-refractivity contribution < 1.29 is 18.7 Å². The van der Waals surface area contributed by atoms with Crippen LogP contribution in [0.3, 0.4) is 0 Å². The van der Waals surface area contributed by atoms with E-state index in [1.54, 1.807) is 68.4 Å². The molecule has 1 N–H and O–H groups in total. The van der Waals surface area contributed by atoms with Crippen molar-refractivity contribution in [3.8, 4) is 5.69 Å². The highest BCUT2D eigenvalue weighted by Crippen LogP contribution is 2.24. The highest BCUT2D eigenvalue weighted by atomic mass is 32.2. The molecule has 0 bridgehead atoms. The van der Waals surface area contributed by atoms with Crippen LogP contribution in [0, 0.1) is 19.7 Å². The minimum Gasteiger partial charge on any atom is -0.465 e. The molecule has 1 aromatic heterocycles. The van der Waals surface area contributed by atoms with Crippen molar-refractivity contribution in [1.82, 2.24) is 9.55 Å². The van der Waals surface area contributed by atoms with E-state index in [1.165, 1.54) is 17.7 Å². The number of fused-ring (bicyclic) bond motifs is 1. The number of nitrogens with zero attached hydrogens (tertiary/aromatic N) is 2. The third kappa shape index (κ3) is 5.09. The van der Waals surface area contributed by atoms with Gasteiger partial charge in [0.15, 0.2) is 5.16 Å². The van der Waals surface area contributed by atoms with Crippen molar-refractivity contribution >= 4 is 40.2 Å². The number of thioether (sulfide) groups is 1. The minimum atomic E-state index is -0.510. The monoisotopic (exact) mass is 491 g/mol. The van der Waals surface area contributed by atoms with Gasteiger partial charge >= 0.3 is 5.97 Å². The van der Waals surface area contributed by atoms with Gasteiger partial charge in [-0.15, -0.1) is 0 Å². The number of hydrogen-bond donors (Lipinski definition) is 1. The summed E-state index contributed by atoms with van der Waals surface area (Å²) in [5.74, 6) is -1.38. The predicted molar refractivity (Wildman–Crippen MR) is 134 cm³/mol. The molecule has 1 amide bonds. The van der Waals surface area contributed by atoms with Gasteiger partial charge < -0.3 is 10.1 Å². The van der Waals surface area contributed by atoms with Gasteiger partial charge in [-0.25, -0.2) is 14.2 Å². The second-order valence-electron chi connectivity index (χ2n) is 7.84. The first kappa shape index (κ1) is 24.2. The lowest BCUT2D eigenvalue weighted by Crippen LogP contribution is -2.23. The van der Waals surface area contributed by atoms with Gasteiger partial charge in [0, 0.05) is 5.69 Å². The summed E-state index contributed by atoms with van der Waals surface area (Å²) in [7, 11) is 1.28. The van der Waals surface area contributed by atoms with Crippen molar-refractivity contribution in [2.24, 2.45) is 0 Å². The fourth-order valence-corrected chi connectivity index (χ4v) is 4.29. The number of para-hydroxylation sites is 1. The fourth-order valence-electron chi connectivity index (χ4n) is 3.48. The van der Waals surface area contributed by atoms with Crippen LogP contribution in [0.5, 0.6) is 0 Å². The van der Waals surface area contributed by atoms with Gasteiger partial charge in [0.25, 0.3) is 5.56 Å². The normalized spacial score (nSPS) is 10.9. The molecule has 7 nitrogen and oxygen atoms in total. The summed E-state index contributed by atoms with van der Waals surface area (Å²) in [5, 5.41) is 3.43. The number of rotatable bonds is 6. The van der Waals surface area contributed by atoms with E-state index >= 15 is 0 Å². The Morgan fingerprint density at radius 3 is 2.54 bits per heavy atom. The molecular weight excluding hydrogens is 469 g/mol. The highest BCUT2D eigenvalue weighted by Gasteiger charge is 2.17. The first-order valence-electron chi connectivity index (χ1n) is 10.7. The van der Waals surface area contributed by atoms with Crippen molar-refractivity contribution in [1.29, 1.82) is 0 Å². The predicted octanol–water partition coefficient (Wildman–Crippen LogP) is 4.66. The molecule has 0 radical (unpaired) electrons. The van der Waals surface area contributed by atoms with E-state index in [-0.39, 0.29) is 22.4 Å². The van der Waals surface area contributed by atoms with Crippen LogP contribution in [0.15, 0.2) is 70.6 Å². The lowest BCUT2D eigenvalue weighted by molar-refractivity contribution is -0.113. The third-order valence-electron chi connectivity index (χ3n) is 5.42. The van der Waals surface area contributed by atoms with Crippen molar-refractivity contribution in [3.05, 3.63) is 93.5 Å². The molecule has 0 spiro atoms. The Kier molecular flexibility index (Phi) is 6.97. The number of hydrogen-bond acceptors (Lipinski definition) is 6. The maximum absolute atomic E-state index is 14.3. The molecule has 0 unspecified atom stereocenters. The Labute approximate surface area is 205 Å². The molecule has 3 aromatic carbocycles. The van der Waals surface area contributed by atoms with E-state index in [0.29, 0.717) is 33.4 Å². The van der Waals surface area contributed by atoms with E-state index < -0.39 is 11.8 Å². The quantitative estimate of drug-likeness (QED) is 0.240. The number of nitrogens with one attached hydrogen (secondary N) is 1. The van der Waals surface area contributed by atoms with Crippen LogP contribution >= 0.6 is 11.8 Å². The van der Waals surface area contributed by atoms with E-state index in [1.807, 2.05) is 0 Å². The molecule has 0 aliphatic carbocycles. The summed E-state index contributed by atoms with van der Waals surface area (Å²) in [4.78, 5) is 42.5. The number of aryl methyl sites for hydroxylation is 2. The number of halogens is 1. The molecule has 9 heteroatoms. The topological polar surface area (TPSA) is 90.3 Å². The lowest BCUT2D eigenvalue weighted by atomic mass is 10.1. The number of carbonyl (C=O) groups excluding carboxylic acids is 2. The maximum Gasteiger partial charge on any atom is 0.337 e. The minimum absolute atomic E-state index is 0.0684. The molecule has 0 aliphatic heterocycles. The van der Waals surface area contributed by atoms with Gasteiger partial charge in [-0.2, -0.15) is 0 Å². The number of methoxy groups -OCH3 is 1. The van der Waals surface area contributed by atoms with Crippen molar-refractivity contribution in [2.75, 3.05) is 18.2 Å². The number of ether oxygens (including phenoxy) is 1. The van der Waals surface area contributed by atoms with Crippen LogP contribution in [-0.4, -0.2) is 34.3 Å². The zero-order valence-corrected chi connectivity index (χ0v) is 20.1. The number of aromatic nitrogens is 2. The van der Waals surface area contributed by atoms with Gasteiger partial charge in [0.2, 0.25) is 5.91 Å². The highest BCUT2D eigenvalue weighted by molar-refractivity contribution is 7.99. The van der Waals surface area contributed by atoms with Crippen LogP contribution in [0.25, 0.3) is 16.6 Å². The van der Waals surface area contributed by atoms with E-state index in [9.17, 15) is 18.8 Å². The summed E-state index contributed by atoms with van der Waals surface area (Å²) in [6, 6.07) is 16.2. The standard InChI is InChI=1S/C26H22FN3O4S/c1-15-9-11-18(13-20(15)27)30-24(32)19-6-4-5-7-21(19)29-26(30)35-14-23(31)28-22-12-17(25(33)34-3)10-8-16(22)2/h4-13H,14H2,1-3H3,(H,28,31). The number of amides is 1. The van der Waals surface area contributed by atoms with Crippen LogP contribution in [-0.2, 0) is 9.53 Å². The average Bonchev–Trinajstić information content (AvgIpc) is 2.85. The Bertz CT molecular complexity index is 1520. The van der Waals surface area contributed by atoms with E-state index in [2.05, 4.69) is 10.3 Å². The van der Waals surface area contributed by atoms with Crippen LogP contribution in [0.1, 0.15) is 21.5 Å². The summed E-state index contributed by atoms with van der Waals surface area (Å²) >= 11 is 1.05. The first-order chi connectivity index (χ1) is 16.8. The van der Waals surface area contributed by atoms with E-state index in [0.717, 1.165) is 17.3 Å². The Morgan fingerprint density at radius 2 is 1.80 bits per heavy atom. The van der Waals surface area contributed by atoms with Crippen LogP contribution in [0.2, 0.25) is 0 Å². The molecule has 1 heterocycles. The second kappa shape index (κ2) is 10.1. The molecule has 0 fully saturated rings. The van der Waals surface area contributed by atoms with Gasteiger partial charge in [-0.1, -0.05) is 36.0 Å². The van der Waals surface area contributed by atoms with Gasteiger partial charge in [-0.3, -0.25) is 14.2 Å². The molecule has 0 saturated carbocycles. The maximum atomic E-state index is 14.3. The van der Waals surface area contributed by atoms with Gasteiger partial charge in [0.1, 0.15) is 5.82 Å². The fraction of sp³-hybridized carbons (Fsp3) is 0.154. The molecule has 4 rings (SSSR count). The molecule has 178 valence electrons. The summed E-state index contributed by atoms with van der Waals surface area (Å²) in [6.45, 7) is 3.44. The van der Waals surface area contributed by atoms with Crippen LogP contribution in [0.4, 0.5) is 10.1 Å². The first-order valence-corrected chi connectivity index (χ1v) is 11.7. The van der Waals surface area contributed by atoms with Crippen molar-refractivity contribution in [2.45, 2.75) is 19.0 Å². The zero-order chi connectivity index (χ0) is 25.1. The zero-order valence-electron chi connectivity index (χ0n) is 19.3. The second-order valence-corrected chi connectivity index (χ2v) is 8.79. The lowest BCUT2D eigenvalue weighted by Gasteiger charge is -2.14. The molecule has 0 aliphatic rings. The smallest absolute Gasteiger partial charge is 0.337 e.